The zero-order valence-electron chi connectivity index (χ0n) is 38.9. The lowest BCUT2D eigenvalue weighted by molar-refractivity contribution is -0.142. The van der Waals surface area contributed by atoms with Gasteiger partial charge in [-0.1, -0.05) is 89.9 Å². The summed E-state index contributed by atoms with van der Waals surface area (Å²) in [6.07, 6.45) is 18.2. The maximum absolute atomic E-state index is 12.4. The summed E-state index contributed by atoms with van der Waals surface area (Å²) in [5, 5.41) is 39.9. The Kier molecular flexibility index (Phi) is 42.0. The van der Waals surface area contributed by atoms with Crippen LogP contribution in [0.3, 0.4) is 0 Å². The smallest absolute Gasteiger partial charge is 0.326 e. The molecule has 0 fully saturated rings. The summed E-state index contributed by atoms with van der Waals surface area (Å²) in [7, 11) is 0. The first-order chi connectivity index (χ1) is 31.8. The number of carboxylic acid groups (broad SMARTS) is 3. The lowest BCUT2D eigenvalue weighted by Gasteiger charge is -2.14. The van der Waals surface area contributed by atoms with Crippen LogP contribution in [0.1, 0.15) is 128 Å². The van der Waals surface area contributed by atoms with Crippen molar-refractivity contribution in [2.75, 3.05) is 90.5 Å². The quantitative estimate of drug-likeness (QED) is 0.0395. The number of nitrogens with one attached hydrogen (secondary N) is 5. The number of hydrogen-bond acceptors (Lipinski definition) is 14. The molecule has 0 aliphatic heterocycles. The number of ether oxygens (including phenoxy) is 4. The number of nitrogens with two attached hydrogens (primary N) is 1. The molecule has 21 nitrogen and oxygen atoms in total. The zero-order valence-corrected chi connectivity index (χ0v) is 39.7. The summed E-state index contributed by atoms with van der Waals surface area (Å²) in [6, 6.07) is -2.18. The van der Waals surface area contributed by atoms with Gasteiger partial charge in [0.1, 0.15) is 25.3 Å². The number of hydrogen-bond donors (Lipinski definition) is 9. The van der Waals surface area contributed by atoms with Gasteiger partial charge in [-0.15, -0.1) is 11.8 Å². The van der Waals surface area contributed by atoms with Crippen LogP contribution in [0.2, 0.25) is 0 Å². The number of amides is 5. The lowest BCUT2D eigenvalue weighted by Crippen LogP contribution is -2.41. The van der Waals surface area contributed by atoms with Crippen LogP contribution in [0.25, 0.3) is 0 Å². The minimum Gasteiger partial charge on any atom is -0.481 e. The van der Waals surface area contributed by atoms with Gasteiger partial charge in [-0.25, -0.2) is 4.79 Å². The van der Waals surface area contributed by atoms with E-state index in [2.05, 4.69) is 26.6 Å². The molecule has 0 aromatic carbocycles. The second-order valence-corrected chi connectivity index (χ2v) is 16.8. The van der Waals surface area contributed by atoms with E-state index in [0.29, 0.717) is 6.42 Å². The zero-order chi connectivity index (χ0) is 48.9. The molecule has 0 rings (SSSR count). The van der Waals surface area contributed by atoms with E-state index in [1.807, 2.05) is 0 Å². The van der Waals surface area contributed by atoms with Crippen molar-refractivity contribution >= 4 is 59.2 Å². The van der Waals surface area contributed by atoms with Crippen molar-refractivity contribution in [1.82, 2.24) is 26.6 Å². The normalized spacial score (nSPS) is 11.9. The Bertz CT molecular complexity index is 1350. The highest BCUT2D eigenvalue weighted by atomic mass is 32.2. The third kappa shape index (κ3) is 43.8. The van der Waals surface area contributed by atoms with Crippen LogP contribution < -0.4 is 32.3 Å². The molecule has 5 amide bonds. The predicted molar refractivity (Wildman–Crippen MR) is 248 cm³/mol. The summed E-state index contributed by atoms with van der Waals surface area (Å²) in [6.45, 7) is 1.53. The van der Waals surface area contributed by atoms with Gasteiger partial charge in [0, 0.05) is 51.2 Å². The van der Waals surface area contributed by atoms with Gasteiger partial charge < -0.3 is 66.6 Å². The topological polar surface area (TPSA) is 320 Å². The number of carboxylic acids is 3. The molecule has 0 bridgehead atoms. The van der Waals surface area contributed by atoms with Gasteiger partial charge in [0.05, 0.1) is 45.4 Å². The molecule has 0 saturated carbocycles. The van der Waals surface area contributed by atoms with Crippen LogP contribution in [-0.2, 0) is 57.3 Å². The van der Waals surface area contributed by atoms with Crippen molar-refractivity contribution in [3.8, 4) is 0 Å². The molecule has 0 spiro atoms. The van der Waals surface area contributed by atoms with Gasteiger partial charge in [-0.2, -0.15) is 0 Å². The predicted octanol–water partition coefficient (Wildman–Crippen LogP) is 2.12. The largest absolute Gasteiger partial charge is 0.481 e. The average molecular weight is 965 g/mol. The summed E-state index contributed by atoms with van der Waals surface area (Å²) in [5.74, 6) is -4.58. The molecular weight excluding hydrogens is 885 g/mol. The summed E-state index contributed by atoms with van der Waals surface area (Å²) < 4.78 is 21.2. The number of carbonyl (C=O) groups is 8. The summed E-state index contributed by atoms with van der Waals surface area (Å²) >= 11 is 1.10. The van der Waals surface area contributed by atoms with E-state index in [-0.39, 0.29) is 146 Å². The number of carbonyl (C=O) groups excluding carboxylic acids is 5. The van der Waals surface area contributed by atoms with Crippen molar-refractivity contribution < 1.29 is 72.6 Å². The van der Waals surface area contributed by atoms with Crippen LogP contribution in [-0.4, -0.2) is 165 Å². The van der Waals surface area contributed by atoms with Crippen molar-refractivity contribution in [3.63, 3.8) is 0 Å². The Balaban J connectivity index is 3.64. The third-order valence-corrected chi connectivity index (χ3v) is 10.9. The molecular formula is C44H80N6O15S. The molecule has 0 radical (unpaired) electrons. The lowest BCUT2D eigenvalue weighted by atomic mass is 10.0. The molecule has 0 saturated heterocycles. The van der Waals surface area contributed by atoms with E-state index >= 15 is 0 Å². The fourth-order valence-electron chi connectivity index (χ4n) is 6.13. The molecule has 0 aliphatic rings. The monoisotopic (exact) mass is 965 g/mol. The minimum absolute atomic E-state index is 0.0356. The van der Waals surface area contributed by atoms with Crippen LogP contribution in [0.4, 0.5) is 0 Å². The van der Waals surface area contributed by atoms with Crippen LogP contribution in [0, 0.1) is 0 Å². The number of aliphatic carboxylic acids is 3. The Labute approximate surface area is 394 Å². The Morgan fingerprint density at radius 3 is 1.30 bits per heavy atom. The molecule has 382 valence electrons. The van der Waals surface area contributed by atoms with E-state index in [0.717, 1.165) is 50.3 Å². The summed E-state index contributed by atoms with van der Waals surface area (Å²) in [4.78, 5) is 92.8. The van der Waals surface area contributed by atoms with Gasteiger partial charge in [0.2, 0.25) is 29.5 Å². The highest BCUT2D eigenvalue weighted by Crippen LogP contribution is 2.14. The first-order valence-corrected chi connectivity index (χ1v) is 24.6. The molecule has 0 aromatic rings. The van der Waals surface area contributed by atoms with Gasteiger partial charge in [0.25, 0.3) is 0 Å². The Hall–Kier alpha value is -4.09. The highest BCUT2D eigenvalue weighted by molar-refractivity contribution is 8.00. The van der Waals surface area contributed by atoms with Crippen molar-refractivity contribution in [2.45, 2.75) is 141 Å². The van der Waals surface area contributed by atoms with Gasteiger partial charge in [-0.3, -0.25) is 33.6 Å². The fourth-order valence-corrected chi connectivity index (χ4v) is 6.93. The highest BCUT2D eigenvalue weighted by Gasteiger charge is 2.21. The standard InChI is InChI=1S/C44H80N6O15S/c45-35(43(58)59)33-66-34-41(55)47-22-21-46-39(53)31-64-29-28-63-26-24-49-40(54)32-65-30-27-62-25-23-48-37(51)20-19-36(44(60)61)50-38(52)17-15-13-11-9-7-5-3-1-2-4-6-8-10-12-14-16-18-42(56)57/h35-36H,1-34,45H2,(H,46,53)(H,47,55)(H,48,51)(H,49,54)(H,50,52)(H,56,57)(H,58,59)(H,60,61)/t35-,36-/m0/s1. The van der Waals surface area contributed by atoms with Crippen LogP contribution >= 0.6 is 11.8 Å². The van der Waals surface area contributed by atoms with E-state index in [9.17, 15) is 43.5 Å². The number of rotatable bonds is 48. The third-order valence-electron chi connectivity index (χ3n) is 9.80. The molecule has 22 heteroatoms. The second-order valence-electron chi connectivity index (χ2n) is 15.7. The molecule has 2 atom stereocenters. The maximum atomic E-state index is 12.4. The summed E-state index contributed by atoms with van der Waals surface area (Å²) in [5.41, 5.74) is 5.37. The molecule has 0 aliphatic carbocycles. The molecule has 10 N–H and O–H groups in total. The molecule has 66 heavy (non-hydrogen) atoms. The first-order valence-electron chi connectivity index (χ1n) is 23.5. The van der Waals surface area contributed by atoms with Crippen LogP contribution in [0.5, 0.6) is 0 Å². The van der Waals surface area contributed by atoms with Gasteiger partial charge in [0.15, 0.2) is 0 Å². The van der Waals surface area contributed by atoms with E-state index in [1.165, 1.54) is 57.8 Å². The van der Waals surface area contributed by atoms with E-state index in [1.54, 1.807) is 0 Å². The second kappa shape index (κ2) is 44.7. The first kappa shape index (κ1) is 61.9. The van der Waals surface area contributed by atoms with Crippen molar-refractivity contribution in [3.05, 3.63) is 0 Å². The van der Waals surface area contributed by atoms with Gasteiger partial charge in [-0.05, 0) is 19.3 Å². The number of unbranched alkanes of at least 4 members (excludes halogenated alkanes) is 15. The van der Waals surface area contributed by atoms with E-state index < -0.39 is 30.0 Å². The molecule has 0 aromatic heterocycles. The molecule has 0 heterocycles. The average Bonchev–Trinajstić information content (AvgIpc) is 3.27. The molecule has 0 unspecified atom stereocenters. The SMILES string of the molecule is N[C@@H](CSCC(=O)NCCNC(=O)COCCOCCNC(=O)COCCOCCNC(=O)CC[C@H](NC(=O)CCCCCCCCCCCCCCCCCCC(=O)O)C(=O)O)C(=O)O. The van der Waals surface area contributed by atoms with Crippen LogP contribution in [0.15, 0.2) is 0 Å². The van der Waals surface area contributed by atoms with Crippen molar-refractivity contribution in [1.29, 1.82) is 0 Å². The number of thioether (sulfide) groups is 1. The van der Waals surface area contributed by atoms with E-state index in [4.69, 9.17) is 34.9 Å². The fraction of sp³-hybridized carbons (Fsp3) is 0.818. The Morgan fingerprint density at radius 2 is 0.848 bits per heavy atom. The van der Waals surface area contributed by atoms with Gasteiger partial charge >= 0.3 is 17.9 Å². The minimum atomic E-state index is -1.19. The maximum Gasteiger partial charge on any atom is 0.326 e. The Morgan fingerprint density at radius 1 is 0.439 bits per heavy atom. The van der Waals surface area contributed by atoms with Crippen molar-refractivity contribution in [2.24, 2.45) is 5.73 Å².